The van der Waals surface area contributed by atoms with Crippen LogP contribution in [-0.4, -0.2) is 31.4 Å². The van der Waals surface area contributed by atoms with Crippen molar-refractivity contribution in [3.05, 3.63) is 23.8 Å². The van der Waals surface area contributed by atoms with Crippen LogP contribution in [0.5, 0.6) is 0 Å². The molecular formula is C13H18N4O. The Bertz CT molecular complexity index is 463. The second-order valence-corrected chi connectivity index (χ2v) is 4.21. The van der Waals surface area contributed by atoms with Gasteiger partial charge in [-0.2, -0.15) is 5.26 Å². The highest BCUT2D eigenvalue weighted by molar-refractivity contribution is 5.76. The number of anilines is 2. The fraction of sp³-hybridized carbons (Fsp3) is 0.385. The number of nitriles is 1. The highest BCUT2D eigenvalue weighted by Gasteiger charge is 2.04. The van der Waals surface area contributed by atoms with Gasteiger partial charge in [0, 0.05) is 38.4 Å². The standard InChI is InChI=1S/C13H18N4O/c1-17(2)13(18)6-8-16-11-3-4-12(15)10(9-11)5-7-14/h3-4,9,16H,5-6,8,15H2,1-2H3. The number of carbonyl (C=O) groups excluding carboxylic acids is 1. The maximum atomic E-state index is 11.4. The van der Waals surface area contributed by atoms with E-state index in [1.54, 1.807) is 25.1 Å². The molecule has 0 saturated heterocycles. The van der Waals surface area contributed by atoms with E-state index in [1.165, 1.54) is 0 Å². The van der Waals surface area contributed by atoms with Crippen molar-refractivity contribution in [1.29, 1.82) is 5.26 Å². The molecular weight excluding hydrogens is 228 g/mol. The summed E-state index contributed by atoms with van der Waals surface area (Å²) in [6, 6.07) is 7.53. The Hall–Kier alpha value is -2.22. The molecule has 0 unspecified atom stereocenters. The Morgan fingerprint density at radius 2 is 2.22 bits per heavy atom. The van der Waals surface area contributed by atoms with Crippen LogP contribution in [0.2, 0.25) is 0 Å². The zero-order valence-electron chi connectivity index (χ0n) is 10.7. The molecule has 0 aliphatic heterocycles. The highest BCUT2D eigenvalue weighted by Crippen LogP contribution is 2.18. The Morgan fingerprint density at radius 3 is 2.83 bits per heavy atom. The van der Waals surface area contributed by atoms with Crippen molar-refractivity contribution in [2.45, 2.75) is 12.8 Å². The van der Waals surface area contributed by atoms with Crippen LogP contribution in [0.3, 0.4) is 0 Å². The van der Waals surface area contributed by atoms with E-state index in [-0.39, 0.29) is 12.3 Å². The average molecular weight is 246 g/mol. The summed E-state index contributed by atoms with van der Waals surface area (Å²) >= 11 is 0. The summed E-state index contributed by atoms with van der Waals surface area (Å²) in [6.07, 6.45) is 0.725. The van der Waals surface area contributed by atoms with Gasteiger partial charge in [0.15, 0.2) is 0 Å². The fourth-order valence-corrected chi connectivity index (χ4v) is 1.49. The molecule has 0 atom stereocenters. The van der Waals surface area contributed by atoms with Crippen molar-refractivity contribution in [2.75, 3.05) is 31.7 Å². The quantitative estimate of drug-likeness (QED) is 0.765. The minimum Gasteiger partial charge on any atom is -0.398 e. The molecule has 0 aromatic heterocycles. The van der Waals surface area contributed by atoms with Crippen molar-refractivity contribution in [3.8, 4) is 6.07 Å². The van der Waals surface area contributed by atoms with Crippen LogP contribution >= 0.6 is 0 Å². The van der Waals surface area contributed by atoms with E-state index in [0.717, 1.165) is 11.3 Å². The molecule has 1 amide bonds. The third-order valence-corrected chi connectivity index (χ3v) is 2.58. The normalized spacial score (nSPS) is 9.61. The molecule has 3 N–H and O–H groups in total. The van der Waals surface area contributed by atoms with Crippen LogP contribution in [-0.2, 0) is 11.2 Å². The molecule has 96 valence electrons. The van der Waals surface area contributed by atoms with E-state index in [1.807, 2.05) is 12.1 Å². The monoisotopic (exact) mass is 246 g/mol. The zero-order valence-corrected chi connectivity index (χ0v) is 10.7. The lowest BCUT2D eigenvalue weighted by atomic mass is 10.1. The van der Waals surface area contributed by atoms with Crippen molar-refractivity contribution in [2.24, 2.45) is 0 Å². The number of carbonyl (C=O) groups is 1. The summed E-state index contributed by atoms with van der Waals surface area (Å²) in [6.45, 7) is 0.562. The molecule has 18 heavy (non-hydrogen) atoms. The molecule has 0 saturated carbocycles. The van der Waals surface area contributed by atoms with Gasteiger partial charge in [-0.3, -0.25) is 4.79 Å². The number of nitrogens with zero attached hydrogens (tertiary/aromatic N) is 2. The fourth-order valence-electron chi connectivity index (χ4n) is 1.49. The summed E-state index contributed by atoms with van der Waals surface area (Å²) < 4.78 is 0. The molecule has 5 heteroatoms. The van der Waals surface area contributed by atoms with Crippen molar-refractivity contribution < 1.29 is 4.79 Å². The van der Waals surface area contributed by atoms with E-state index in [4.69, 9.17) is 11.0 Å². The van der Waals surface area contributed by atoms with Gasteiger partial charge < -0.3 is 16.0 Å². The second kappa shape index (κ2) is 6.50. The predicted molar refractivity (Wildman–Crippen MR) is 72.0 cm³/mol. The Labute approximate surface area is 107 Å². The number of amides is 1. The average Bonchev–Trinajstić information content (AvgIpc) is 2.33. The smallest absolute Gasteiger partial charge is 0.223 e. The number of hydrogen-bond donors (Lipinski definition) is 2. The van der Waals surface area contributed by atoms with E-state index < -0.39 is 0 Å². The molecule has 0 radical (unpaired) electrons. The van der Waals surface area contributed by atoms with Crippen molar-refractivity contribution in [3.63, 3.8) is 0 Å². The third kappa shape index (κ3) is 3.98. The molecule has 1 aromatic carbocycles. The number of nitrogen functional groups attached to an aromatic ring is 1. The first-order chi connectivity index (χ1) is 8.54. The SMILES string of the molecule is CN(C)C(=O)CCNc1ccc(N)c(CC#N)c1. The Balaban J connectivity index is 2.56. The van der Waals surface area contributed by atoms with Crippen LogP contribution in [0.15, 0.2) is 18.2 Å². The molecule has 1 rings (SSSR count). The van der Waals surface area contributed by atoms with Gasteiger partial charge in [-0.25, -0.2) is 0 Å². The van der Waals surface area contributed by atoms with Crippen LogP contribution < -0.4 is 11.1 Å². The van der Waals surface area contributed by atoms with Gasteiger partial charge in [0.05, 0.1) is 12.5 Å². The molecule has 0 fully saturated rings. The summed E-state index contributed by atoms with van der Waals surface area (Å²) in [5.41, 5.74) is 8.05. The molecule has 1 aromatic rings. The number of rotatable bonds is 5. The van der Waals surface area contributed by atoms with E-state index in [9.17, 15) is 4.79 Å². The van der Waals surface area contributed by atoms with Gasteiger partial charge in [-0.05, 0) is 23.8 Å². The van der Waals surface area contributed by atoms with Crippen LogP contribution in [0.4, 0.5) is 11.4 Å². The van der Waals surface area contributed by atoms with Crippen molar-refractivity contribution >= 4 is 17.3 Å². The molecule has 0 heterocycles. The molecule has 0 spiro atoms. The topological polar surface area (TPSA) is 82.2 Å². The minimum atomic E-state index is 0.0789. The number of hydrogen-bond acceptors (Lipinski definition) is 4. The summed E-state index contributed by atoms with van der Waals surface area (Å²) in [4.78, 5) is 12.9. The first-order valence-corrected chi connectivity index (χ1v) is 5.74. The first kappa shape index (κ1) is 13.8. The third-order valence-electron chi connectivity index (χ3n) is 2.58. The lowest BCUT2D eigenvalue weighted by Gasteiger charge is -2.12. The van der Waals surface area contributed by atoms with Gasteiger partial charge in [0.1, 0.15) is 0 Å². The van der Waals surface area contributed by atoms with Gasteiger partial charge in [0.2, 0.25) is 5.91 Å². The second-order valence-electron chi connectivity index (χ2n) is 4.21. The Kier molecular flexibility index (Phi) is 5.00. The number of benzene rings is 1. The predicted octanol–water partition coefficient (Wildman–Crippen LogP) is 1.23. The lowest BCUT2D eigenvalue weighted by molar-refractivity contribution is -0.128. The first-order valence-electron chi connectivity index (χ1n) is 5.74. The van der Waals surface area contributed by atoms with E-state index in [0.29, 0.717) is 18.7 Å². The molecule has 0 aliphatic carbocycles. The van der Waals surface area contributed by atoms with Crippen LogP contribution in [0.25, 0.3) is 0 Å². The maximum absolute atomic E-state index is 11.4. The van der Waals surface area contributed by atoms with Crippen LogP contribution in [0.1, 0.15) is 12.0 Å². The Morgan fingerprint density at radius 1 is 1.50 bits per heavy atom. The van der Waals surface area contributed by atoms with Crippen molar-refractivity contribution in [1.82, 2.24) is 4.90 Å². The summed E-state index contributed by atoms with van der Waals surface area (Å²) in [5, 5.41) is 11.8. The van der Waals surface area contributed by atoms with E-state index >= 15 is 0 Å². The lowest BCUT2D eigenvalue weighted by Crippen LogP contribution is -2.23. The van der Waals surface area contributed by atoms with Crippen LogP contribution in [0, 0.1) is 11.3 Å². The largest absolute Gasteiger partial charge is 0.398 e. The number of nitrogens with one attached hydrogen (secondary N) is 1. The van der Waals surface area contributed by atoms with Gasteiger partial charge in [-0.15, -0.1) is 0 Å². The summed E-state index contributed by atoms with van der Waals surface area (Å²) in [5.74, 6) is 0.0789. The molecule has 0 aliphatic rings. The molecule has 5 nitrogen and oxygen atoms in total. The summed E-state index contributed by atoms with van der Waals surface area (Å²) in [7, 11) is 3.47. The van der Waals surface area contributed by atoms with Gasteiger partial charge >= 0.3 is 0 Å². The maximum Gasteiger partial charge on any atom is 0.223 e. The number of nitrogens with two attached hydrogens (primary N) is 1. The van der Waals surface area contributed by atoms with Gasteiger partial charge in [-0.1, -0.05) is 0 Å². The van der Waals surface area contributed by atoms with E-state index in [2.05, 4.69) is 11.4 Å². The minimum absolute atomic E-state index is 0.0789. The highest BCUT2D eigenvalue weighted by atomic mass is 16.2. The molecule has 0 bridgehead atoms. The van der Waals surface area contributed by atoms with Gasteiger partial charge in [0.25, 0.3) is 0 Å². The zero-order chi connectivity index (χ0) is 13.5.